The largest absolute Gasteiger partial charge is 0.295 e. The minimum Gasteiger partial charge on any atom is -0.295 e. The minimum atomic E-state index is 0.614. The second kappa shape index (κ2) is 5.21. The van der Waals surface area contributed by atoms with Gasteiger partial charge in [0.05, 0.1) is 0 Å². The van der Waals surface area contributed by atoms with E-state index in [1.807, 2.05) is 6.21 Å². The van der Waals surface area contributed by atoms with Crippen LogP contribution in [0.3, 0.4) is 0 Å². The fourth-order valence-electron chi connectivity index (χ4n) is 2.49. The molecule has 3 heteroatoms. The molecule has 1 atom stereocenters. The Hall–Kier alpha value is -0.830. The van der Waals surface area contributed by atoms with Crippen molar-refractivity contribution in [3.63, 3.8) is 0 Å². The van der Waals surface area contributed by atoms with Gasteiger partial charge >= 0.3 is 0 Å². The first kappa shape index (κ1) is 12.6. The van der Waals surface area contributed by atoms with Crippen LogP contribution in [-0.2, 0) is 0 Å². The molecular formula is C14H25N3. The van der Waals surface area contributed by atoms with Gasteiger partial charge in [0.1, 0.15) is 0 Å². The van der Waals surface area contributed by atoms with Crippen LogP contribution in [0, 0.1) is 11.8 Å². The van der Waals surface area contributed by atoms with Crippen molar-refractivity contribution in [2.24, 2.45) is 16.9 Å². The highest BCUT2D eigenvalue weighted by atomic mass is 15.5. The highest BCUT2D eigenvalue weighted by Crippen LogP contribution is 2.25. The lowest BCUT2D eigenvalue weighted by Gasteiger charge is -2.28. The Morgan fingerprint density at radius 2 is 2.00 bits per heavy atom. The summed E-state index contributed by atoms with van der Waals surface area (Å²) in [5, 5.41) is 6.77. The van der Waals surface area contributed by atoms with Crippen LogP contribution >= 0.6 is 0 Å². The molecule has 96 valence electrons. The van der Waals surface area contributed by atoms with Crippen LogP contribution in [0.15, 0.2) is 16.9 Å². The summed E-state index contributed by atoms with van der Waals surface area (Å²) in [6.45, 7) is 12.6. The van der Waals surface area contributed by atoms with Gasteiger partial charge in [0.15, 0.2) is 0 Å². The molecule has 3 nitrogen and oxygen atoms in total. The maximum absolute atomic E-state index is 4.55. The number of fused-ring (bicyclic) bond motifs is 1. The van der Waals surface area contributed by atoms with Gasteiger partial charge in [0, 0.05) is 44.0 Å². The first-order chi connectivity index (χ1) is 8.08. The van der Waals surface area contributed by atoms with Crippen LogP contribution in [0.4, 0.5) is 0 Å². The number of hydrogen-bond acceptors (Lipinski definition) is 3. The highest BCUT2D eigenvalue weighted by Gasteiger charge is 2.28. The van der Waals surface area contributed by atoms with E-state index >= 15 is 0 Å². The molecule has 0 aliphatic carbocycles. The van der Waals surface area contributed by atoms with Crippen LogP contribution in [0.5, 0.6) is 0 Å². The molecule has 0 amide bonds. The fraction of sp³-hybridized carbons (Fsp3) is 0.786. The molecule has 0 N–H and O–H groups in total. The molecule has 1 saturated heterocycles. The van der Waals surface area contributed by atoms with Crippen molar-refractivity contribution in [1.29, 1.82) is 0 Å². The summed E-state index contributed by atoms with van der Waals surface area (Å²) in [6.07, 6.45) is 5.33. The van der Waals surface area contributed by atoms with Gasteiger partial charge in [-0.3, -0.25) is 9.91 Å². The molecule has 2 aliphatic rings. The third-order valence-corrected chi connectivity index (χ3v) is 3.93. The van der Waals surface area contributed by atoms with Gasteiger partial charge in [-0.05, 0) is 25.7 Å². The van der Waals surface area contributed by atoms with Crippen molar-refractivity contribution < 1.29 is 0 Å². The lowest BCUT2D eigenvalue weighted by Crippen LogP contribution is -2.36. The van der Waals surface area contributed by atoms with Crippen molar-refractivity contribution in [3.8, 4) is 0 Å². The Labute approximate surface area is 105 Å². The van der Waals surface area contributed by atoms with E-state index in [0.29, 0.717) is 17.9 Å². The summed E-state index contributed by atoms with van der Waals surface area (Å²) in [4.78, 5) is 2.58. The van der Waals surface area contributed by atoms with Crippen molar-refractivity contribution in [3.05, 3.63) is 11.8 Å². The maximum Gasteiger partial charge on any atom is 0.0472 e. The zero-order valence-corrected chi connectivity index (χ0v) is 11.6. The molecular weight excluding hydrogens is 210 g/mol. The van der Waals surface area contributed by atoms with E-state index in [-0.39, 0.29) is 0 Å². The molecule has 0 aromatic heterocycles. The molecule has 0 spiro atoms. The number of hydrogen-bond donors (Lipinski definition) is 0. The van der Waals surface area contributed by atoms with E-state index in [1.54, 1.807) is 0 Å². The average molecular weight is 235 g/mol. The molecule has 0 radical (unpaired) electrons. The van der Waals surface area contributed by atoms with E-state index in [9.17, 15) is 0 Å². The molecule has 0 aromatic carbocycles. The zero-order chi connectivity index (χ0) is 12.4. The zero-order valence-electron chi connectivity index (χ0n) is 11.6. The van der Waals surface area contributed by atoms with Crippen molar-refractivity contribution in [2.45, 2.75) is 40.2 Å². The Kier molecular flexibility index (Phi) is 3.87. The topological polar surface area (TPSA) is 18.8 Å². The lowest BCUT2D eigenvalue weighted by molar-refractivity contribution is 0.188. The van der Waals surface area contributed by atoms with E-state index in [1.165, 1.54) is 12.2 Å². The summed E-state index contributed by atoms with van der Waals surface area (Å²) in [5.74, 6) is 1.42. The fourth-order valence-corrected chi connectivity index (χ4v) is 2.49. The standard InChI is InChI=1S/C14H25N3/c1-11(2)13-8-16(12(3)4)10-14-6-5-7-15-17(14)9-13/h6-7,11-13H,5,8-10H2,1-4H3. The van der Waals surface area contributed by atoms with Gasteiger partial charge in [-0.1, -0.05) is 19.9 Å². The van der Waals surface area contributed by atoms with E-state index in [0.717, 1.165) is 19.5 Å². The molecule has 1 unspecified atom stereocenters. The van der Waals surface area contributed by atoms with Crippen molar-refractivity contribution >= 4 is 6.21 Å². The van der Waals surface area contributed by atoms with Gasteiger partial charge in [-0.2, -0.15) is 5.10 Å². The maximum atomic E-state index is 4.55. The van der Waals surface area contributed by atoms with Gasteiger partial charge in [-0.25, -0.2) is 0 Å². The smallest absolute Gasteiger partial charge is 0.0472 e. The summed E-state index contributed by atoms with van der Waals surface area (Å²) in [7, 11) is 0. The Bertz CT molecular complexity index is 317. The predicted octanol–water partition coefficient (Wildman–Crippen LogP) is 2.56. The number of allylic oxidation sites excluding steroid dienone is 1. The highest BCUT2D eigenvalue weighted by molar-refractivity contribution is 5.60. The quantitative estimate of drug-likeness (QED) is 0.732. The second-order valence-corrected chi connectivity index (χ2v) is 5.84. The van der Waals surface area contributed by atoms with Crippen LogP contribution in [0.25, 0.3) is 0 Å². The second-order valence-electron chi connectivity index (χ2n) is 5.84. The summed E-state index contributed by atoms with van der Waals surface area (Å²) in [5.41, 5.74) is 1.39. The number of hydrazone groups is 1. The van der Waals surface area contributed by atoms with Crippen molar-refractivity contribution in [2.75, 3.05) is 19.6 Å². The van der Waals surface area contributed by atoms with Gasteiger partial charge in [-0.15, -0.1) is 0 Å². The lowest BCUT2D eigenvalue weighted by atomic mass is 9.95. The first-order valence-corrected chi connectivity index (χ1v) is 6.81. The van der Waals surface area contributed by atoms with Crippen LogP contribution in [0.2, 0.25) is 0 Å². The molecule has 17 heavy (non-hydrogen) atoms. The Morgan fingerprint density at radius 3 is 2.65 bits per heavy atom. The molecule has 2 heterocycles. The van der Waals surface area contributed by atoms with Crippen LogP contribution in [0.1, 0.15) is 34.1 Å². The average Bonchev–Trinajstić information content (AvgIpc) is 2.47. The predicted molar refractivity (Wildman–Crippen MR) is 72.9 cm³/mol. The third-order valence-electron chi connectivity index (χ3n) is 3.93. The Morgan fingerprint density at radius 1 is 1.24 bits per heavy atom. The molecule has 2 aliphatic heterocycles. The van der Waals surface area contributed by atoms with Crippen LogP contribution < -0.4 is 0 Å². The summed E-state index contributed by atoms with van der Waals surface area (Å²) < 4.78 is 0. The SMILES string of the molecule is CC(C)C1CN2N=CCC=C2CN(C(C)C)C1. The van der Waals surface area contributed by atoms with E-state index < -0.39 is 0 Å². The third kappa shape index (κ3) is 2.89. The van der Waals surface area contributed by atoms with Crippen molar-refractivity contribution in [1.82, 2.24) is 9.91 Å². The normalized spacial score (nSPS) is 26.1. The number of nitrogens with zero attached hydrogens (tertiary/aromatic N) is 3. The molecule has 0 saturated carbocycles. The number of rotatable bonds is 2. The van der Waals surface area contributed by atoms with E-state index in [2.05, 4.69) is 48.8 Å². The van der Waals surface area contributed by atoms with Gasteiger partial charge < -0.3 is 0 Å². The van der Waals surface area contributed by atoms with Gasteiger partial charge in [0.25, 0.3) is 0 Å². The summed E-state index contributed by atoms with van der Waals surface area (Å²) in [6, 6.07) is 0.614. The van der Waals surface area contributed by atoms with Gasteiger partial charge in [0.2, 0.25) is 0 Å². The Balaban J connectivity index is 2.18. The molecule has 1 fully saturated rings. The van der Waals surface area contributed by atoms with Crippen LogP contribution in [-0.4, -0.2) is 41.8 Å². The monoisotopic (exact) mass is 235 g/mol. The molecule has 2 rings (SSSR count). The first-order valence-electron chi connectivity index (χ1n) is 6.81. The summed E-state index contributed by atoms with van der Waals surface area (Å²) >= 11 is 0. The molecule has 0 aromatic rings. The minimum absolute atomic E-state index is 0.614. The molecule has 0 bridgehead atoms. The van der Waals surface area contributed by atoms with E-state index in [4.69, 9.17) is 0 Å².